The van der Waals surface area contributed by atoms with E-state index >= 15 is 0 Å². The fraction of sp³-hybridized carbons (Fsp3) is 0.278. The third kappa shape index (κ3) is 2.91. The molecule has 0 aliphatic carbocycles. The van der Waals surface area contributed by atoms with Crippen molar-refractivity contribution in [1.29, 1.82) is 0 Å². The molecule has 22 heavy (non-hydrogen) atoms. The van der Waals surface area contributed by atoms with E-state index in [0.29, 0.717) is 12.2 Å². The van der Waals surface area contributed by atoms with Gasteiger partial charge in [0.2, 0.25) is 5.91 Å². The molecule has 1 aliphatic heterocycles. The summed E-state index contributed by atoms with van der Waals surface area (Å²) in [7, 11) is 0. The van der Waals surface area contributed by atoms with E-state index in [2.05, 4.69) is 28.4 Å². The predicted octanol–water partition coefficient (Wildman–Crippen LogP) is 2.97. The monoisotopic (exact) mass is 295 g/mol. The minimum Gasteiger partial charge on any atom is -0.398 e. The molecule has 2 aromatic rings. The van der Waals surface area contributed by atoms with Crippen LogP contribution in [-0.2, 0) is 11.2 Å². The van der Waals surface area contributed by atoms with Gasteiger partial charge < -0.3 is 16.0 Å². The highest BCUT2D eigenvalue weighted by molar-refractivity contribution is 5.95. The number of aryl methyl sites for hydroxylation is 1. The number of nitrogens with one attached hydrogen (secondary N) is 1. The highest BCUT2D eigenvalue weighted by Crippen LogP contribution is 2.26. The highest BCUT2D eigenvalue weighted by atomic mass is 16.2. The van der Waals surface area contributed by atoms with Crippen LogP contribution in [0.2, 0.25) is 0 Å². The van der Waals surface area contributed by atoms with E-state index in [4.69, 9.17) is 5.73 Å². The Morgan fingerprint density at radius 3 is 2.91 bits per heavy atom. The summed E-state index contributed by atoms with van der Waals surface area (Å²) in [6.45, 7) is 3.20. The van der Waals surface area contributed by atoms with Crippen molar-refractivity contribution in [2.24, 2.45) is 0 Å². The molecule has 0 saturated heterocycles. The molecular formula is C18H21N3O. The Morgan fingerprint density at radius 2 is 2.05 bits per heavy atom. The summed E-state index contributed by atoms with van der Waals surface area (Å²) in [5.41, 5.74) is 10.8. The molecule has 114 valence electrons. The maximum Gasteiger partial charge on any atom is 0.243 e. The van der Waals surface area contributed by atoms with Gasteiger partial charge in [0, 0.05) is 23.6 Å². The van der Waals surface area contributed by atoms with E-state index in [0.717, 1.165) is 30.6 Å². The van der Waals surface area contributed by atoms with Crippen molar-refractivity contribution >= 4 is 23.0 Å². The molecule has 0 bridgehead atoms. The third-order valence-electron chi connectivity index (χ3n) is 4.19. The molecule has 1 amide bonds. The van der Waals surface area contributed by atoms with Gasteiger partial charge in [0.05, 0.1) is 6.54 Å². The van der Waals surface area contributed by atoms with E-state index < -0.39 is 0 Å². The molecule has 3 N–H and O–H groups in total. The molecule has 0 aromatic heterocycles. The first-order valence-electron chi connectivity index (χ1n) is 7.63. The summed E-state index contributed by atoms with van der Waals surface area (Å²) in [4.78, 5) is 14.5. The molecular weight excluding hydrogens is 274 g/mol. The van der Waals surface area contributed by atoms with E-state index in [1.165, 1.54) is 11.3 Å². The van der Waals surface area contributed by atoms with Gasteiger partial charge in [-0.05, 0) is 49.1 Å². The van der Waals surface area contributed by atoms with Crippen molar-refractivity contribution < 1.29 is 4.79 Å². The number of fused-ring (bicyclic) bond motifs is 1. The van der Waals surface area contributed by atoms with E-state index in [1.807, 2.05) is 31.2 Å². The summed E-state index contributed by atoms with van der Waals surface area (Å²) >= 11 is 0. The SMILES string of the molecule is Cc1c(N)cccc1NC(=O)CN1CCCc2ccccc21. The summed E-state index contributed by atoms with van der Waals surface area (Å²) in [6.07, 6.45) is 2.17. The first-order valence-corrected chi connectivity index (χ1v) is 7.63. The second-order valence-corrected chi connectivity index (χ2v) is 5.72. The largest absolute Gasteiger partial charge is 0.398 e. The zero-order valence-electron chi connectivity index (χ0n) is 12.8. The molecule has 1 aliphatic rings. The van der Waals surface area contributed by atoms with Gasteiger partial charge in [-0.2, -0.15) is 0 Å². The van der Waals surface area contributed by atoms with E-state index in [-0.39, 0.29) is 5.91 Å². The molecule has 0 spiro atoms. The number of nitrogens with zero attached hydrogens (tertiary/aromatic N) is 1. The number of hydrogen-bond acceptors (Lipinski definition) is 3. The van der Waals surface area contributed by atoms with Gasteiger partial charge in [-0.1, -0.05) is 24.3 Å². The van der Waals surface area contributed by atoms with E-state index in [1.54, 1.807) is 0 Å². The van der Waals surface area contributed by atoms with Gasteiger partial charge in [-0.25, -0.2) is 0 Å². The van der Waals surface area contributed by atoms with Gasteiger partial charge in [0.1, 0.15) is 0 Å². The molecule has 1 heterocycles. The van der Waals surface area contributed by atoms with Crippen molar-refractivity contribution in [3.63, 3.8) is 0 Å². The number of carbonyl (C=O) groups excluding carboxylic acids is 1. The minimum absolute atomic E-state index is 0.00889. The Balaban J connectivity index is 1.72. The van der Waals surface area contributed by atoms with Crippen LogP contribution in [0.5, 0.6) is 0 Å². The fourth-order valence-corrected chi connectivity index (χ4v) is 2.93. The second kappa shape index (κ2) is 6.10. The summed E-state index contributed by atoms with van der Waals surface area (Å²) in [6, 6.07) is 13.9. The molecule has 0 unspecified atom stereocenters. The smallest absolute Gasteiger partial charge is 0.243 e. The van der Waals surface area contributed by atoms with Gasteiger partial charge in [0.25, 0.3) is 0 Å². The predicted molar refractivity (Wildman–Crippen MR) is 91.2 cm³/mol. The lowest BCUT2D eigenvalue weighted by atomic mass is 10.0. The van der Waals surface area contributed by atoms with Crippen molar-refractivity contribution in [3.05, 3.63) is 53.6 Å². The summed E-state index contributed by atoms with van der Waals surface area (Å²) in [5, 5.41) is 2.97. The van der Waals surface area contributed by atoms with Crippen LogP contribution in [0.1, 0.15) is 17.5 Å². The Morgan fingerprint density at radius 1 is 1.23 bits per heavy atom. The lowest BCUT2D eigenvalue weighted by Gasteiger charge is -2.30. The van der Waals surface area contributed by atoms with Gasteiger partial charge in [-0.15, -0.1) is 0 Å². The highest BCUT2D eigenvalue weighted by Gasteiger charge is 2.18. The van der Waals surface area contributed by atoms with Crippen molar-refractivity contribution in [2.75, 3.05) is 29.0 Å². The number of amides is 1. The number of hydrogen-bond donors (Lipinski definition) is 2. The van der Waals surface area contributed by atoms with Crippen LogP contribution in [-0.4, -0.2) is 19.0 Å². The Bertz CT molecular complexity index is 696. The molecule has 4 heteroatoms. The van der Waals surface area contributed by atoms with Gasteiger partial charge >= 0.3 is 0 Å². The van der Waals surface area contributed by atoms with Crippen LogP contribution in [0, 0.1) is 6.92 Å². The zero-order valence-corrected chi connectivity index (χ0v) is 12.8. The molecule has 3 rings (SSSR count). The quantitative estimate of drug-likeness (QED) is 0.856. The molecule has 2 aromatic carbocycles. The lowest BCUT2D eigenvalue weighted by Crippen LogP contribution is -2.36. The third-order valence-corrected chi connectivity index (χ3v) is 4.19. The molecule has 4 nitrogen and oxygen atoms in total. The number of nitrogen functional groups attached to an aromatic ring is 1. The van der Waals surface area contributed by atoms with Gasteiger partial charge in [0.15, 0.2) is 0 Å². The van der Waals surface area contributed by atoms with Crippen molar-refractivity contribution in [1.82, 2.24) is 0 Å². The number of rotatable bonds is 3. The summed E-state index contributed by atoms with van der Waals surface area (Å²) in [5.74, 6) is -0.00889. The van der Waals surface area contributed by atoms with Crippen LogP contribution in [0.4, 0.5) is 17.1 Å². The summed E-state index contributed by atoms with van der Waals surface area (Å²) < 4.78 is 0. The first kappa shape index (κ1) is 14.4. The number of benzene rings is 2. The lowest BCUT2D eigenvalue weighted by molar-refractivity contribution is -0.115. The molecule has 0 saturated carbocycles. The second-order valence-electron chi connectivity index (χ2n) is 5.72. The van der Waals surface area contributed by atoms with Crippen molar-refractivity contribution in [2.45, 2.75) is 19.8 Å². The molecule has 0 atom stereocenters. The topological polar surface area (TPSA) is 58.4 Å². The Hall–Kier alpha value is -2.49. The number of nitrogens with two attached hydrogens (primary N) is 1. The maximum atomic E-state index is 12.4. The normalized spacial score (nSPS) is 13.6. The maximum absolute atomic E-state index is 12.4. The average molecular weight is 295 g/mol. The standard InChI is InChI=1S/C18H21N3O/c1-13-15(19)8-4-9-16(13)20-18(22)12-21-11-5-7-14-6-2-3-10-17(14)21/h2-4,6,8-10H,5,7,11-12,19H2,1H3,(H,20,22). The number of carbonyl (C=O) groups is 1. The number of anilines is 3. The molecule has 0 radical (unpaired) electrons. The van der Waals surface area contributed by atoms with Crippen LogP contribution in [0.3, 0.4) is 0 Å². The molecule has 0 fully saturated rings. The zero-order chi connectivity index (χ0) is 15.5. The van der Waals surface area contributed by atoms with Crippen LogP contribution in [0.25, 0.3) is 0 Å². The van der Waals surface area contributed by atoms with Crippen LogP contribution < -0.4 is 16.0 Å². The number of para-hydroxylation sites is 1. The minimum atomic E-state index is -0.00889. The fourth-order valence-electron chi connectivity index (χ4n) is 2.93. The average Bonchev–Trinajstić information content (AvgIpc) is 2.52. The van der Waals surface area contributed by atoms with Gasteiger partial charge in [-0.3, -0.25) is 4.79 Å². The van der Waals surface area contributed by atoms with E-state index in [9.17, 15) is 4.79 Å². The Kier molecular flexibility index (Phi) is 4.00. The first-order chi connectivity index (χ1) is 10.6. The van der Waals surface area contributed by atoms with Crippen LogP contribution >= 0.6 is 0 Å². The van der Waals surface area contributed by atoms with Crippen molar-refractivity contribution in [3.8, 4) is 0 Å². The van der Waals surface area contributed by atoms with Crippen LogP contribution in [0.15, 0.2) is 42.5 Å². The Labute approximate surface area is 130 Å².